The van der Waals surface area contributed by atoms with Crippen molar-refractivity contribution in [2.24, 2.45) is 5.92 Å². The molecule has 0 aromatic rings. The zero-order valence-corrected chi connectivity index (χ0v) is 13.4. The van der Waals surface area contributed by atoms with Gasteiger partial charge in [0.05, 0.1) is 6.54 Å². The molecular weight excluding hydrogens is 270 g/mol. The lowest BCUT2D eigenvalue weighted by molar-refractivity contribution is -0.138. The van der Waals surface area contributed by atoms with E-state index in [1.54, 1.807) is 6.92 Å². The molecule has 1 N–H and O–H groups in total. The summed E-state index contributed by atoms with van der Waals surface area (Å²) >= 11 is 0. The van der Waals surface area contributed by atoms with E-state index >= 15 is 0 Å². The van der Waals surface area contributed by atoms with Gasteiger partial charge in [0, 0.05) is 5.57 Å². The average molecular weight is 297 g/mol. The Labute approximate surface area is 127 Å². The number of hydrogen-bond donors (Lipinski definition) is 1. The maximum Gasteiger partial charge on any atom is 0.407 e. The third-order valence-corrected chi connectivity index (χ3v) is 4.00. The van der Waals surface area contributed by atoms with E-state index in [1.165, 1.54) is 6.42 Å². The molecule has 0 heterocycles. The molecule has 0 unspecified atom stereocenters. The van der Waals surface area contributed by atoms with Crippen LogP contribution in [0.5, 0.6) is 0 Å². The molecule has 0 spiro atoms. The number of rotatable bonds is 6. The molecule has 21 heavy (non-hydrogen) atoms. The second-order valence-electron chi connectivity index (χ2n) is 6.01. The summed E-state index contributed by atoms with van der Waals surface area (Å²) in [4.78, 5) is 23.1. The molecule has 0 radical (unpaired) electrons. The van der Waals surface area contributed by atoms with Crippen LogP contribution in [0.25, 0.3) is 0 Å². The monoisotopic (exact) mass is 297 g/mol. The molecule has 1 aliphatic rings. The number of amides is 1. The Kier molecular flexibility index (Phi) is 6.72. The molecule has 120 valence electrons. The van der Waals surface area contributed by atoms with Crippen molar-refractivity contribution in [1.82, 2.24) is 5.32 Å². The highest BCUT2D eigenvalue weighted by Crippen LogP contribution is 2.37. The summed E-state index contributed by atoms with van der Waals surface area (Å²) in [6.45, 7) is 9.61. The second kappa shape index (κ2) is 8.05. The van der Waals surface area contributed by atoms with Crippen LogP contribution in [0.4, 0.5) is 4.79 Å². The molecule has 1 aliphatic carbocycles. The molecule has 5 nitrogen and oxygen atoms in total. The minimum absolute atomic E-state index is 0.121. The van der Waals surface area contributed by atoms with Crippen LogP contribution in [-0.4, -0.2) is 30.8 Å². The number of nitrogens with one attached hydrogen (secondary N) is 1. The van der Waals surface area contributed by atoms with E-state index in [2.05, 4.69) is 25.7 Å². The number of hydrogen-bond acceptors (Lipinski definition) is 4. The van der Waals surface area contributed by atoms with Crippen LogP contribution in [0.15, 0.2) is 12.2 Å². The summed E-state index contributed by atoms with van der Waals surface area (Å²) in [7, 11) is 0. The second-order valence-corrected chi connectivity index (χ2v) is 6.01. The van der Waals surface area contributed by atoms with E-state index in [1.807, 2.05) is 0 Å². The Morgan fingerprint density at radius 2 is 1.86 bits per heavy atom. The van der Waals surface area contributed by atoms with Crippen molar-refractivity contribution >= 4 is 12.1 Å². The Bertz CT molecular complexity index is 384. The van der Waals surface area contributed by atoms with Crippen LogP contribution in [0, 0.1) is 5.92 Å². The molecule has 5 heteroatoms. The fourth-order valence-electron chi connectivity index (χ4n) is 2.59. The number of esters is 1. The molecule has 0 atom stereocenters. The van der Waals surface area contributed by atoms with Gasteiger partial charge in [-0.05, 0) is 38.5 Å². The van der Waals surface area contributed by atoms with Crippen LogP contribution < -0.4 is 5.32 Å². The average Bonchev–Trinajstić information content (AvgIpc) is 2.44. The summed E-state index contributed by atoms with van der Waals surface area (Å²) in [6.07, 6.45) is 4.81. The van der Waals surface area contributed by atoms with E-state index in [0.29, 0.717) is 11.5 Å². The van der Waals surface area contributed by atoms with E-state index in [0.717, 1.165) is 25.7 Å². The number of alkyl carbamates (subject to hydrolysis) is 1. The lowest BCUT2D eigenvalue weighted by atomic mass is 9.77. The van der Waals surface area contributed by atoms with Gasteiger partial charge in [-0.2, -0.15) is 0 Å². The van der Waals surface area contributed by atoms with Gasteiger partial charge >= 0.3 is 12.1 Å². The molecule has 1 fully saturated rings. The van der Waals surface area contributed by atoms with Gasteiger partial charge in [-0.1, -0.05) is 26.8 Å². The molecule has 1 amide bonds. The first kappa shape index (κ1) is 17.5. The van der Waals surface area contributed by atoms with Crippen molar-refractivity contribution in [2.45, 2.75) is 58.5 Å². The normalized spacial score (nSPS) is 17.1. The van der Waals surface area contributed by atoms with Gasteiger partial charge in [0.15, 0.2) is 0 Å². The minimum atomic E-state index is -0.448. The highest BCUT2D eigenvalue weighted by atomic mass is 16.6. The number of ether oxygens (including phenoxy) is 2. The summed E-state index contributed by atoms with van der Waals surface area (Å²) in [5.74, 6) is -0.152. The van der Waals surface area contributed by atoms with Crippen LogP contribution in [0.3, 0.4) is 0 Å². The first-order valence-corrected chi connectivity index (χ1v) is 7.67. The van der Waals surface area contributed by atoms with Crippen LogP contribution in [-0.2, 0) is 14.3 Å². The van der Waals surface area contributed by atoms with Crippen molar-refractivity contribution in [3.05, 3.63) is 12.2 Å². The third-order valence-electron chi connectivity index (χ3n) is 4.00. The molecule has 1 rings (SSSR count). The van der Waals surface area contributed by atoms with Crippen molar-refractivity contribution in [1.29, 1.82) is 0 Å². The van der Waals surface area contributed by atoms with Crippen LogP contribution >= 0.6 is 0 Å². The third kappa shape index (κ3) is 5.40. The standard InChI is InChI=1S/C16H27NO4/c1-12(2)14(18)20-11-10-17-15(19)21-16(13(3)4)8-6-5-7-9-16/h13H,1,5-11H2,2-4H3,(H,17,19). The lowest BCUT2D eigenvalue weighted by Gasteiger charge is -2.40. The van der Waals surface area contributed by atoms with Gasteiger partial charge < -0.3 is 14.8 Å². The van der Waals surface area contributed by atoms with Crippen molar-refractivity contribution in [3.8, 4) is 0 Å². The predicted octanol–water partition coefficient (Wildman–Crippen LogP) is 3.19. The lowest BCUT2D eigenvalue weighted by Crippen LogP contribution is -2.45. The summed E-state index contributed by atoms with van der Waals surface area (Å²) < 4.78 is 10.6. The Morgan fingerprint density at radius 3 is 2.38 bits per heavy atom. The van der Waals surface area contributed by atoms with E-state index < -0.39 is 12.1 Å². The van der Waals surface area contributed by atoms with E-state index in [4.69, 9.17) is 9.47 Å². The van der Waals surface area contributed by atoms with Gasteiger partial charge in [0.1, 0.15) is 12.2 Å². The minimum Gasteiger partial charge on any atom is -0.460 e. The van der Waals surface area contributed by atoms with Crippen LogP contribution in [0.2, 0.25) is 0 Å². The first-order chi connectivity index (χ1) is 9.87. The first-order valence-electron chi connectivity index (χ1n) is 7.67. The molecule has 0 bridgehead atoms. The number of carbonyl (C=O) groups is 2. The summed E-state index contributed by atoms with van der Waals surface area (Å²) in [5.41, 5.74) is -0.00461. The zero-order chi connectivity index (χ0) is 15.9. The maximum atomic E-state index is 11.9. The predicted molar refractivity (Wildman–Crippen MR) is 80.9 cm³/mol. The zero-order valence-electron chi connectivity index (χ0n) is 13.4. The molecule has 0 aliphatic heterocycles. The highest BCUT2D eigenvalue weighted by molar-refractivity contribution is 5.86. The fraction of sp³-hybridized carbons (Fsp3) is 0.750. The van der Waals surface area contributed by atoms with Crippen molar-refractivity contribution in [2.75, 3.05) is 13.2 Å². The van der Waals surface area contributed by atoms with Gasteiger partial charge in [-0.25, -0.2) is 9.59 Å². The largest absolute Gasteiger partial charge is 0.460 e. The van der Waals surface area contributed by atoms with Crippen molar-refractivity contribution < 1.29 is 19.1 Å². The van der Waals surface area contributed by atoms with E-state index in [9.17, 15) is 9.59 Å². The van der Waals surface area contributed by atoms with Gasteiger partial charge in [-0.3, -0.25) is 0 Å². The Hall–Kier alpha value is -1.52. The Balaban J connectivity index is 2.34. The van der Waals surface area contributed by atoms with Gasteiger partial charge in [0.2, 0.25) is 0 Å². The molecular formula is C16H27NO4. The van der Waals surface area contributed by atoms with Crippen molar-refractivity contribution in [3.63, 3.8) is 0 Å². The fourth-order valence-corrected chi connectivity index (χ4v) is 2.59. The smallest absolute Gasteiger partial charge is 0.407 e. The molecule has 1 saturated carbocycles. The molecule has 0 saturated heterocycles. The number of carbonyl (C=O) groups excluding carboxylic acids is 2. The van der Waals surface area contributed by atoms with Gasteiger partial charge in [0.25, 0.3) is 0 Å². The highest BCUT2D eigenvalue weighted by Gasteiger charge is 2.38. The summed E-state index contributed by atoms with van der Waals surface area (Å²) in [6, 6.07) is 0. The molecule has 0 aromatic heterocycles. The molecule has 0 aromatic carbocycles. The summed E-state index contributed by atoms with van der Waals surface area (Å²) in [5, 5.41) is 2.64. The van der Waals surface area contributed by atoms with Crippen LogP contribution in [0.1, 0.15) is 52.9 Å². The van der Waals surface area contributed by atoms with Gasteiger partial charge in [-0.15, -0.1) is 0 Å². The maximum absolute atomic E-state index is 11.9. The quantitative estimate of drug-likeness (QED) is 0.464. The Morgan fingerprint density at radius 1 is 1.24 bits per heavy atom. The topological polar surface area (TPSA) is 64.6 Å². The SMILES string of the molecule is C=C(C)C(=O)OCCNC(=O)OC1(C(C)C)CCCCC1. The van der Waals surface area contributed by atoms with E-state index in [-0.39, 0.29) is 18.8 Å².